The number of amides is 1. The van der Waals surface area contributed by atoms with Crippen molar-refractivity contribution in [3.05, 3.63) is 0 Å². The summed E-state index contributed by atoms with van der Waals surface area (Å²) < 4.78 is 0. The highest BCUT2D eigenvalue weighted by atomic mass is 32.2. The van der Waals surface area contributed by atoms with Gasteiger partial charge < -0.3 is 5.32 Å². The molecule has 0 saturated heterocycles. The molecule has 0 aromatic rings. The van der Waals surface area contributed by atoms with Crippen molar-refractivity contribution >= 4 is 17.7 Å². The molecule has 2 bridgehead atoms. The van der Waals surface area contributed by atoms with Crippen LogP contribution in [0.15, 0.2) is 0 Å². The van der Waals surface area contributed by atoms with Gasteiger partial charge in [-0.15, -0.1) is 0 Å². The second kappa shape index (κ2) is 4.18. The minimum Gasteiger partial charge on any atom is -0.352 e. The number of carbonyl (C=O) groups excluding carboxylic acids is 1. The van der Waals surface area contributed by atoms with E-state index < -0.39 is 0 Å². The van der Waals surface area contributed by atoms with Gasteiger partial charge in [-0.25, -0.2) is 0 Å². The monoisotopic (exact) mass is 255 g/mol. The van der Waals surface area contributed by atoms with Crippen LogP contribution < -0.4 is 5.32 Å². The van der Waals surface area contributed by atoms with Crippen LogP contribution in [-0.2, 0) is 4.79 Å². The highest BCUT2D eigenvalue weighted by Gasteiger charge is 2.61. The van der Waals surface area contributed by atoms with Gasteiger partial charge in [0.05, 0.1) is 5.25 Å². The lowest BCUT2D eigenvalue weighted by atomic mass is 9.69. The maximum atomic E-state index is 12.0. The first-order valence-corrected chi connectivity index (χ1v) is 7.95. The van der Waals surface area contributed by atoms with Gasteiger partial charge in [0.25, 0.3) is 0 Å². The zero-order valence-electron chi connectivity index (χ0n) is 11.7. The Bertz CT molecular complexity index is 328. The van der Waals surface area contributed by atoms with Gasteiger partial charge in [0, 0.05) is 6.04 Å². The third-order valence-corrected chi connectivity index (χ3v) is 6.75. The topological polar surface area (TPSA) is 29.1 Å². The van der Waals surface area contributed by atoms with E-state index in [4.69, 9.17) is 0 Å². The van der Waals surface area contributed by atoms with Crippen molar-refractivity contribution in [1.29, 1.82) is 0 Å². The molecule has 2 saturated carbocycles. The fraction of sp³-hybridized carbons (Fsp3) is 0.929. The predicted octanol–water partition coefficient (Wildman–Crippen LogP) is 3.07. The molecule has 4 unspecified atom stereocenters. The second-order valence-electron chi connectivity index (χ2n) is 6.55. The van der Waals surface area contributed by atoms with Crippen LogP contribution in [0.25, 0.3) is 0 Å². The third-order valence-electron chi connectivity index (χ3n) is 5.83. The summed E-state index contributed by atoms with van der Waals surface area (Å²) in [5.41, 5.74) is 0.680. The minimum absolute atomic E-state index is 0.0702. The molecule has 0 aromatic carbocycles. The predicted molar refractivity (Wildman–Crippen MR) is 74.1 cm³/mol. The van der Waals surface area contributed by atoms with Gasteiger partial charge in [-0.3, -0.25) is 4.79 Å². The summed E-state index contributed by atoms with van der Waals surface area (Å²) in [6.45, 7) is 9.12. The number of hydrogen-bond donors (Lipinski definition) is 1. The zero-order valence-corrected chi connectivity index (χ0v) is 12.5. The van der Waals surface area contributed by atoms with E-state index in [-0.39, 0.29) is 11.2 Å². The summed E-state index contributed by atoms with van der Waals surface area (Å²) in [5.74, 6) is 1.01. The summed E-state index contributed by atoms with van der Waals surface area (Å²) in [6.07, 6.45) is 5.78. The average Bonchev–Trinajstić information content (AvgIpc) is 2.60. The van der Waals surface area contributed by atoms with E-state index in [1.165, 1.54) is 19.3 Å². The van der Waals surface area contributed by atoms with Crippen molar-refractivity contribution < 1.29 is 4.79 Å². The molecule has 0 aliphatic heterocycles. The smallest absolute Gasteiger partial charge is 0.233 e. The first-order chi connectivity index (χ1) is 7.83. The van der Waals surface area contributed by atoms with Crippen molar-refractivity contribution in [2.75, 3.05) is 6.26 Å². The van der Waals surface area contributed by atoms with Crippen LogP contribution in [0.5, 0.6) is 0 Å². The molecule has 2 aliphatic rings. The Morgan fingerprint density at radius 1 is 1.41 bits per heavy atom. The molecule has 17 heavy (non-hydrogen) atoms. The summed E-state index contributed by atoms with van der Waals surface area (Å²) in [5, 5.41) is 3.37. The van der Waals surface area contributed by atoms with Crippen LogP contribution in [0.3, 0.4) is 0 Å². The summed E-state index contributed by atoms with van der Waals surface area (Å²) in [4.78, 5) is 12.0. The van der Waals surface area contributed by atoms with Crippen molar-refractivity contribution in [3.8, 4) is 0 Å². The van der Waals surface area contributed by atoms with E-state index in [1.54, 1.807) is 11.8 Å². The lowest BCUT2D eigenvalue weighted by molar-refractivity contribution is -0.122. The molecule has 0 spiro atoms. The summed E-state index contributed by atoms with van der Waals surface area (Å²) in [6, 6.07) is 0.387. The van der Waals surface area contributed by atoms with Gasteiger partial charge in [0.2, 0.25) is 5.91 Å². The van der Waals surface area contributed by atoms with Gasteiger partial charge in [-0.05, 0) is 49.2 Å². The zero-order chi connectivity index (χ0) is 12.8. The summed E-state index contributed by atoms with van der Waals surface area (Å²) >= 11 is 1.62. The van der Waals surface area contributed by atoms with Crippen LogP contribution in [0.4, 0.5) is 0 Å². The van der Waals surface area contributed by atoms with Crippen LogP contribution in [-0.4, -0.2) is 23.5 Å². The van der Waals surface area contributed by atoms with E-state index in [0.717, 1.165) is 5.92 Å². The molecule has 0 radical (unpaired) electrons. The molecule has 0 heterocycles. The maximum Gasteiger partial charge on any atom is 0.233 e. The number of hydrogen-bond acceptors (Lipinski definition) is 2. The molecule has 2 aliphatic carbocycles. The Hall–Kier alpha value is -0.180. The van der Waals surface area contributed by atoms with Crippen molar-refractivity contribution in [1.82, 2.24) is 5.32 Å². The summed E-state index contributed by atoms with van der Waals surface area (Å²) in [7, 11) is 0. The van der Waals surface area contributed by atoms with E-state index >= 15 is 0 Å². The lowest BCUT2D eigenvalue weighted by Gasteiger charge is -2.39. The number of rotatable bonds is 3. The second-order valence-corrected chi connectivity index (χ2v) is 7.73. The first kappa shape index (κ1) is 13.3. The van der Waals surface area contributed by atoms with Crippen molar-refractivity contribution in [2.24, 2.45) is 16.7 Å². The number of thioether (sulfide) groups is 1. The molecule has 3 heteroatoms. The molecule has 2 nitrogen and oxygen atoms in total. The Labute approximate surface area is 109 Å². The lowest BCUT2D eigenvalue weighted by Crippen LogP contribution is -2.48. The molecule has 1 amide bonds. The maximum absolute atomic E-state index is 12.0. The molecule has 2 rings (SSSR count). The molecular weight excluding hydrogens is 230 g/mol. The third kappa shape index (κ3) is 1.81. The minimum atomic E-state index is 0.0702. The number of nitrogens with one attached hydrogen (secondary N) is 1. The van der Waals surface area contributed by atoms with E-state index in [0.29, 0.717) is 16.9 Å². The SMILES string of the molecule is CSC(C)C(=O)NC1CC2CCC1(C)C2(C)C. The van der Waals surface area contributed by atoms with Gasteiger partial charge in [0.15, 0.2) is 0 Å². The number of fused-ring (bicyclic) bond motifs is 2. The largest absolute Gasteiger partial charge is 0.352 e. The standard InChI is InChI=1S/C14H25NOS/c1-9(17-5)12(16)15-11-8-10-6-7-14(11,4)13(10,2)3/h9-11H,6-8H2,1-5H3,(H,15,16). The highest BCUT2D eigenvalue weighted by Crippen LogP contribution is 2.65. The molecule has 1 N–H and O–H groups in total. The highest BCUT2D eigenvalue weighted by molar-refractivity contribution is 7.99. The van der Waals surface area contributed by atoms with E-state index in [1.807, 2.05) is 13.2 Å². The fourth-order valence-electron chi connectivity index (χ4n) is 3.82. The fourth-order valence-corrected chi connectivity index (χ4v) is 4.10. The molecule has 4 atom stereocenters. The normalized spacial score (nSPS) is 40.3. The molecule has 98 valence electrons. The molecular formula is C14H25NOS. The van der Waals surface area contributed by atoms with Crippen LogP contribution in [0, 0.1) is 16.7 Å². The molecule has 2 fully saturated rings. The van der Waals surface area contributed by atoms with Gasteiger partial charge >= 0.3 is 0 Å². The van der Waals surface area contributed by atoms with Gasteiger partial charge in [-0.1, -0.05) is 20.8 Å². The Morgan fingerprint density at radius 2 is 2.06 bits per heavy atom. The van der Waals surface area contributed by atoms with Gasteiger partial charge in [-0.2, -0.15) is 11.8 Å². The first-order valence-electron chi connectivity index (χ1n) is 6.66. The van der Waals surface area contributed by atoms with Crippen LogP contribution in [0.1, 0.15) is 47.0 Å². The average molecular weight is 255 g/mol. The van der Waals surface area contributed by atoms with Crippen molar-refractivity contribution in [2.45, 2.75) is 58.2 Å². The van der Waals surface area contributed by atoms with Crippen molar-refractivity contribution in [3.63, 3.8) is 0 Å². The Balaban J connectivity index is 2.08. The Morgan fingerprint density at radius 3 is 2.47 bits per heavy atom. The van der Waals surface area contributed by atoms with E-state index in [2.05, 4.69) is 26.1 Å². The van der Waals surface area contributed by atoms with Crippen LogP contribution in [0.2, 0.25) is 0 Å². The molecule has 0 aromatic heterocycles. The van der Waals surface area contributed by atoms with Crippen LogP contribution >= 0.6 is 11.8 Å². The van der Waals surface area contributed by atoms with E-state index in [9.17, 15) is 4.79 Å². The Kier molecular flexibility index (Phi) is 3.26. The number of carbonyl (C=O) groups is 1. The quantitative estimate of drug-likeness (QED) is 0.839. The van der Waals surface area contributed by atoms with Gasteiger partial charge in [0.1, 0.15) is 0 Å².